The predicted octanol–water partition coefficient (Wildman–Crippen LogP) is 3.63. The van der Waals surface area contributed by atoms with E-state index in [1.807, 2.05) is 48.5 Å². The third kappa shape index (κ3) is 2.50. The summed E-state index contributed by atoms with van der Waals surface area (Å²) in [6, 6.07) is 15.8. The van der Waals surface area contributed by atoms with Gasteiger partial charge in [0, 0.05) is 24.1 Å². The second-order valence-corrected chi connectivity index (χ2v) is 5.97. The SMILES string of the molecule is c1ccc(N2CCOc3cc(Nc4n[nH]c5cccnc45)ccc32)nc1. The summed E-state index contributed by atoms with van der Waals surface area (Å²) in [4.78, 5) is 11.0. The van der Waals surface area contributed by atoms with Crippen molar-refractivity contribution in [3.8, 4) is 5.75 Å². The zero-order chi connectivity index (χ0) is 17.3. The number of anilines is 4. The fourth-order valence-corrected chi connectivity index (χ4v) is 3.13. The third-order valence-corrected chi connectivity index (χ3v) is 4.33. The van der Waals surface area contributed by atoms with Gasteiger partial charge in [0.25, 0.3) is 0 Å². The van der Waals surface area contributed by atoms with Crippen molar-refractivity contribution in [2.24, 2.45) is 0 Å². The average Bonchev–Trinajstić information content (AvgIpc) is 3.11. The summed E-state index contributed by atoms with van der Waals surface area (Å²) in [7, 11) is 0. The van der Waals surface area contributed by atoms with Crippen LogP contribution in [0.1, 0.15) is 0 Å². The van der Waals surface area contributed by atoms with E-state index < -0.39 is 0 Å². The lowest BCUT2D eigenvalue weighted by atomic mass is 10.2. The lowest BCUT2D eigenvalue weighted by molar-refractivity contribution is 0.314. The van der Waals surface area contributed by atoms with Crippen LogP contribution < -0.4 is 15.0 Å². The lowest BCUT2D eigenvalue weighted by Gasteiger charge is -2.30. The van der Waals surface area contributed by atoms with Gasteiger partial charge in [-0.15, -0.1) is 0 Å². The van der Waals surface area contributed by atoms with Crippen LogP contribution in [0, 0.1) is 0 Å². The van der Waals surface area contributed by atoms with Crippen LogP contribution >= 0.6 is 0 Å². The van der Waals surface area contributed by atoms with Gasteiger partial charge in [0.15, 0.2) is 5.82 Å². The first-order valence-corrected chi connectivity index (χ1v) is 8.40. The molecule has 0 fully saturated rings. The molecule has 3 aromatic heterocycles. The highest BCUT2D eigenvalue weighted by atomic mass is 16.5. The molecular weight excluding hydrogens is 328 g/mol. The minimum absolute atomic E-state index is 0.611. The van der Waals surface area contributed by atoms with Gasteiger partial charge in [-0.25, -0.2) is 4.98 Å². The van der Waals surface area contributed by atoms with Gasteiger partial charge < -0.3 is 15.0 Å². The summed E-state index contributed by atoms with van der Waals surface area (Å²) in [5, 5.41) is 10.6. The van der Waals surface area contributed by atoms with E-state index in [-0.39, 0.29) is 0 Å². The molecule has 1 aromatic carbocycles. The molecule has 0 aliphatic carbocycles. The Kier molecular flexibility index (Phi) is 3.41. The zero-order valence-electron chi connectivity index (χ0n) is 13.9. The molecule has 7 heteroatoms. The second kappa shape index (κ2) is 6.03. The van der Waals surface area contributed by atoms with Crippen molar-refractivity contribution < 1.29 is 4.74 Å². The Balaban J connectivity index is 1.48. The van der Waals surface area contributed by atoms with Gasteiger partial charge >= 0.3 is 0 Å². The number of aromatic nitrogens is 4. The van der Waals surface area contributed by atoms with Crippen LogP contribution in [0.15, 0.2) is 60.9 Å². The molecule has 0 radical (unpaired) electrons. The van der Waals surface area contributed by atoms with Gasteiger partial charge in [-0.05, 0) is 36.4 Å². The predicted molar refractivity (Wildman–Crippen MR) is 100 cm³/mol. The van der Waals surface area contributed by atoms with Gasteiger partial charge in [0.1, 0.15) is 23.7 Å². The van der Waals surface area contributed by atoms with Crippen molar-refractivity contribution in [2.45, 2.75) is 0 Å². The lowest BCUT2D eigenvalue weighted by Crippen LogP contribution is -2.29. The molecule has 5 rings (SSSR count). The maximum atomic E-state index is 5.87. The van der Waals surface area contributed by atoms with Crippen molar-refractivity contribution in [3.63, 3.8) is 0 Å². The number of ether oxygens (including phenoxy) is 1. The number of H-pyrrole nitrogens is 1. The van der Waals surface area contributed by atoms with Crippen LogP contribution in [0.4, 0.5) is 23.0 Å². The highest BCUT2D eigenvalue weighted by Gasteiger charge is 2.20. The summed E-state index contributed by atoms with van der Waals surface area (Å²) in [5.74, 6) is 2.43. The first-order chi connectivity index (χ1) is 12.9. The third-order valence-electron chi connectivity index (χ3n) is 4.33. The van der Waals surface area contributed by atoms with E-state index in [4.69, 9.17) is 4.74 Å². The fraction of sp³-hybridized carbons (Fsp3) is 0.105. The Labute approximate surface area is 149 Å². The quantitative estimate of drug-likeness (QED) is 0.591. The monoisotopic (exact) mass is 344 g/mol. The molecule has 0 saturated carbocycles. The zero-order valence-corrected chi connectivity index (χ0v) is 13.9. The van der Waals surface area contributed by atoms with Gasteiger partial charge in [0.2, 0.25) is 0 Å². The molecule has 0 bridgehead atoms. The molecule has 0 unspecified atom stereocenters. The molecule has 26 heavy (non-hydrogen) atoms. The smallest absolute Gasteiger partial charge is 0.178 e. The molecule has 4 aromatic rings. The molecule has 1 aliphatic rings. The van der Waals surface area contributed by atoms with E-state index in [2.05, 4.69) is 30.4 Å². The molecule has 1 aliphatic heterocycles. The normalized spacial score (nSPS) is 13.3. The first-order valence-electron chi connectivity index (χ1n) is 8.40. The number of aromatic amines is 1. The van der Waals surface area contributed by atoms with E-state index in [0.29, 0.717) is 12.4 Å². The van der Waals surface area contributed by atoms with Crippen molar-refractivity contribution in [3.05, 3.63) is 60.9 Å². The highest BCUT2D eigenvalue weighted by Crippen LogP contribution is 2.38. The topological polar surface area (TPSA) is 79.0 Å². The minimum Gasteiger partial charge on any atom is -0.489 e. The van der Waals surface area contributed by atoms with Gasteiger partial charge in [-0.1, -0.05) is 6.07 Å². The first kappa shape index (κ1) is 14.7. The second-order valence-electron chi connectivity index (χ2n) is 5.97. The Bertz CT molecular complexity index is 1060. The summed E-state index contributed by atoms with van der Waals surface area (Å²) in [5.41, 5.74) is 3.60. The molecule has 0 saturated heterocycles. The number of fused-ring (bicyclic) bond motifs is 2. The molecule has 7 nitrogen and oxygen atoms in total. The number of hydrogen-bond acceptors (Lipinski definition) is 6. The van der Waals surface area contributed by atoms with E-state index >= 15 is 0 Å². The van der Waals surface area contributed by atoms with Crippen molar-refractivity contribution in [1.29, 1.82) is 0 Å². The van der Waals surface area contributed by atoms with Crippen molar-refractivity contribution >= 4 is 34.0 Å². The van der Waals surface area contributed by atoms with Crippen molar-refractivity contribution in [1.82, 2.24) is 20.2 Å². The molecule has 4 heterocycles. The minimum atomic E-state index is 0.611. The maximum absolute atomic E-state index is 5.87. The number of benzene rings is 1. The molecule has 0 spiro atoms. The van der Waals surface area contributed by atoms with Crippen LogP contribution in [-0.4, -0.2) is 33.3 Å². The number of nitrogens with zero attached hydrogens (tertiary/aromatic N) is 4. The average molecular weight is 344 g/mol. The summed E-state index contributed by atoms with van der Waals surface area (Å²) < 4.78 is 5.87. The summed E-state index contributed by atoms with van der Waals surface area (Å²) >= 11 is 0. The van der Waals surface area contributed by atoms with Crippen molar-refractivity contribution in [2.75, 3.05) is 23.4 Å². The number of hydrogen-bond donors (Lipinski definition) is 2. The van der Waals surface area contributed by atoms with Crippen LogP contribution in [0.25, 0.3) is 11.0 Å². The van der Waals surface area contributed by atoms with Crippen LogP contribution in [-0.2, 0) is 0 Å². The Morgan fingerprint density at radius 3 is 2.92 bits per heavy atom. The van der Waals surface area contributed by atoms with E-state index in [1.165, 1.54) is 0 Å². The maximum Gasteiger partial charge on any atom is 0.178 e. The summed E-state index contributed by atoms with van der Waals surface area (Å²) in [6.07, 6.45) is 3.56. The largest absolute Gasteiger partial charge is 0.489 e. The van der Waals surface area contributed by atoms with Crippen LogP contribution in [0.3, 0.4) is 0 Å². The van der Waals surface area contributed by atoms with Crippen LogP contribution in [0.2, 0.25) is 0 Å². The Morgan fingerprint density at radius 1 is 1.04 bits per heavy atom. The summed E-state index contributed by atoms with van der Waals surface area (Å²) in [6.45, 7) is 1.38. The molecular formula is C19H16N6O. The molecule has 0 atom stereocenters. The highest BCUT2D eigenvalue weighted by molar-refractivity contribution is 5.88. The molecule has 128 valence electrons. The molecule has 2 N–H and O–H groups in total. The Morgan fingerprint density at radius 2 is 2.00 bits per heavy atom. The van der Waals surface area contributed by atoms with E-state index in [1.54, 1.807) is 12.4 Å². The number of nitrogens with one attached hydrogen (secondary N) is 2. The number of pyridine rings is 2. The fourth-order valence-electron chi connectivity index (χ4n) is 3.13. The molecule has 0 amide bonds. The van der Waals surface area contributed by atoms with Gasteiger partial charge in [-0.2, -0.15) is 5.10 Å². The Hall–Kier alpha value is -3.61. The standard InChI is InChI=1S/C19H16N6O/c1-2-8-20-17(5-1)25-10-11-26-16-12-13(6-7-15(16)25)22-19-18-14(23-24-19)4-3-9-21-18/h1-9,12H,10-11H2,(H2,22,23,24). The van der Waals surface area contributed by atoms with Crippen LogP contribution in [0.5, 0.6) is 5.75 Å². The van der Waals surface area contributed by atoms with E-state index in [9.17, 15) is 0 Å². The van der Waals surface area contributed by atoms with Gasteiger partial charge in [0.05, 0.1) is 17.7 Å². The van der Waals surface area contributed by atoms with Gasteiger partial charge in [-0.3, -0.25) is 10.1 Å². The number of rotatable bonds is 3. The van der Waals surface area contributed by atoms with E-state index in [0.717, 1.165) is 40.5 Å².